The first-order valence-corrected chi connectivity index (χ1v) is 13.6. The normalized spacial score (nSPS) is 12.2. The summed E-state index contributed by atoms with van der Waals surface area (Å²) in [6.45, 7) is 1.12. The highest BCUT2D eigenvalue weighted by Crippen LogP contribution is 2.16. The number of hydrogen-bond donors (Lipinski definition) is 5. The number of amides is 3. The molecule has 0 spiro atoms. The molecule has 8 N–H and O–H groups in total. The fourth-order valence-electron chi connectivity index (χ4n) is 4.31. The molecule has 3 aromatic carbocycles. The lowest BCUT2D eigenvalue weighted by Gasteiger charge is -2.24. The molecule has 3 rings (SSSR count). The van der Waals surface area contributed by atoms with Gasteiger partial charge in [-0.15, -0.1) is 0 Å². The van der Waals surface area contributed by atoms with Crippen LogP contribution < -0.4 is 27.8 Å². The maximum absolute atomic E-state index is 13.4. The first-order valence-electron chi connectivity index (χ1n) is 13.6. The number of anilines is 1. The number of carbonyl (C=O) groups is 4. The molecule has 41 heavy (non-hydrogen) atoms. The Balaban J connectivity index is 1.72. The predicted octanol–water partition coefficient (Wildman–Crippen LogP) is 1.44. The van der Waals surface area contributed by atoms with Crippen molar-refractivity contribution in [2.75, 3.05) is 31.5 Å². The van der Waals surface area contributed by atoms with Gasteiger partial charge in [0.2, 0.25) is 17.7 Å². The molecule has 3 amide bonds. The summed E-state index contributed by atoms with van der Waals surface area (Å²) in [7, 11) is 0. The predicted molar refractivity (Wildman–Crippen MR) is 159 cm³/mol. The van der Waals surface area contributed by atoms with Crippen LogP contribution in [0.2, 0.25) is 0 Å². The monoisotopic (exact) mass is 558 g/mol. The zero-order valence-electron chi connectivity index (χ0n) is 23.0. The van der Waals surface area contributed by atoms with E-state index in [4.69, 9.17) is 17.2 Å². The number of rotatable bonds is 15. The van der Waals surface area contributed by atoms with Gasteiger partial charge in [0.05, 0.1) is 12.5 Å². The molecule has 0 unspecified atom stereocenters. The van der Waals surface area contributed by atoms with Gasteiger partial charge >= 0.3 is 0 Å². The summed E-state index contributed by atoms with van der Waals surface area (Å²) in [4.78, 5) is 53.4. The van der Waals surface area contributed by atoms with Crippen LogP contribution in [0, 0.1) is 0 Å². The Morgan fingerprint density at radius 2 is 1.37 bits per heavy atom. The van der Waals surface area contributed by atoms with E-state index in [0.717, 1.165) is 5.56 Å². The van der Waals surface area contributed by atoms with Gasteiger partial charge < -0.3 is 32.7 Å². The molecule has 0 radical (unpaired) electrons. The van der Waals surface area contributed by atoms with Gasteiger partial charge in [0, 0.05) is 43.0 Å². The zero-order chi connectivity index (χ0) is 29.6. The summed E-state index contributed by atoms with van der Waals surface area (Å²) in [5, 5.41) is 5.53. The summed E-state index contributed by atoms with van der Waals surface area (Å²) in [5.41, 5.74) is 19.6. The third-order valence-corrected chi connectivity index (χ3v) is 6.51. The van der Waals surface area contributed by atoms with Crippen LogP contribution in [-0.2, 0) is 20.8 Å². The van der Waals surface area contributed by atoms with Crippen molar-refractivity contribution in [1.29, 1.82) is 0 Å². The van der Waals surface area contributed by atoms with E-state index in [1.54, 1.807) is 48.5 Å². The van der Waals surface area contributed by atoms with E-state index in [1.807, 2.05) is 36.4 Å². The quantitative estimate of drug-likeness (QED) is 0.175. The molecule has 0 aliphatic rings. The maximum Gasteiger partial charge on any atom is 0.246 e. The average molecular weight is 559 g/mol. The minimum Gasteiger partial charge on any atom is -0.343 e. The van der Waals surface area contributed by atoms with Gasteiger partial charge in [-0.3, -0.25) is 19.2 Å². The molecule has 0 fully saturated rings. The standard InChI is InChI=1S/C31H38N6O4/c32-16-18-37(19-17-33)28(38)21-26(34)30(40)36-27(15-14-22-8-3-1-4-9-22)31(41)35-25-13-7-12-24(20-25)29(39)23-10-5-2-6-11-23/h1-13,20,26-27H,14-19,21,32-34H2,(H,35,41)(H,36,40)/t26-,27-/m0/s1. The Kier molecular flexibility index (Phi) is 12.2. The van der Waals surface area contributed by atoms with Crippen molar-refractivity contribution in [1.82, 2.24) is 10.2 Å². The highest BCUT2D eigenvalue weighted by Gasteiger charge is 2.26. The number of nitrogens with zero attached hydrogens (tertiary/aromatic N) is 1. The molecule has 2 atom stereocenters. The summed E-state index contributed by atoms with van der Waals surface area (Å²) >= 11 is 0. The van der Waals surface area contributed by atoms with Gasteiger partial charge in [-0.2, -0.15) is 0 Å². The molecule has 10 nitrogen and oxygen atoms in total. The van der Waals surface area contributed by atoms with E-state index in [9.17, 15) is 19.2 Å². The van der Waals surface area contributed by atoms with E-state index >= 15 is 0 Å². The molecule has 10 heteroatoms. The van der Waals surface area contributed by atoms with E-state index < -0.39 is 23.9 Å². The number of nitrogens with one attached hydrogen (secondary N) is 2. The Morgan fingerprint density at radius 3 is 2.00 bits per heavy atom. The average Bonchev–Trinajstić information content (AvgIpc) is 2.99. The molecule has 0 aromatic heterocycles. The van der Waals surface area contributed by atoms with E-state index in [1.165, 1.54) is 4.90 Å². The molecule has 3 aromatic rings. The number of ketones is 1. The second kappa shape index (κ2) is 16.0. The van der Waals surface area contributed by atoms with Crippen LogP contribution >= 0.6 is 0 Å². The molecular weight excluding hydrogens is 520 g/mol. The largest absolute Gasteiger partial charge is 0.343 e. The van der Waals surface area contributed by atoms with Crippen LogP contribution in [-0.4, -0.2) is 66.7 Å². The molecule has 0 saturated heterocycles. The van der Waals surface area contributed by atoms with Crippen molar-refractivity contribution in [3.8, 4) is 0 Å². The lowest BCUT2D eigenvalue weighted by atomic mass is 10.0. The van der Waals surface area contributed by atoms with Crippen molar-refractivity contribution in [3.63, 3.8) is 0 Å². The van der Waals surface area contributed by atoms with Crippen molar-refractivity contribution < 1.29 is 19.2 Å². The minimum atomic E-state index is -1.17. The Hall–Kier alpha value is -4.38. The van der Waals surface area contributed by atoms with Crippen LogP contribution in [0.25, 0.3) is 0 Å². The SMILES string of the molecule is NCCN(CCN)C(=O)C[C@H](N)C(=O)N[C@@H](CCc1ccccc1)C(=O)Nc1cccc(C(=O)c2ccccc2)c1. The fourth-order valence-corrected chi connectivity index (χ4v) is 4.31. The van der Waals surface area contributed by atoms with Gasteiger partial charge in [0.25, 0.3) is 0 Å². The number of hydrogen-bond acceptors (Lipinski definition) is 7. The lowest BCUT2D eigenvalue weighted by molar-refractivity contribution is -0.134. The van der Waals surface area contributed by atoms with Gasteiger partial charge in [0.15, 0.2) is 5.78 Å². The molecule has 0 saturated carbocycles. The second-order valence-electron chi connectivity index (χ2n) is 9.62. The van der Waals surface area contributed by atoms with E-state index in [0.29, 0.717) is 36.3 Å². The number of aryl methyl sites for hydroxylation is 1. The second-order valence-corrected chi connectivity index (χ2v) is 9.62. The number of nitrogens with two attached hydrogens (primary N) is 3. The van der Waals surface area contributed by atoms with Gasteiger partial charge in [-0.25, -0.2) is 0 Å². The van der Waals surface area contributed by atoms with Crippen LogP contribution in [0.1, 0.15) is 34.3 Å². The molecule has 0 bridgehead atoms. The maximum atomic E-state index is 13.4. The third kappa shape index (κ3) is 9.64. The Morgan fingerprint density at radius 1 is 0.756 bits per heavy atom. The first-order chi connectivity index (χ1) is 19.8. The Bertz CT molecular complexity index is 1300. The van der Waals surface area contributed by atoms with Crippen LogP contribution in [0.5, 0.6) is 0 Å². The first kappa shape index (κ1) is 31.2. The topological polar surface area (TPSA) is 174 Å². The molecule has 0 heterocycles. The zero-order valence-corrected chi connectivity index (χ0v) is 23.0. The summed E-state index contributed by atoms with van der Waals surface area (Å²) < 4.78 is 0. The highest BCUT2D eigenvalue weighted by atomic mass is 16.2. The number of carbonyl (C=O) groups excluding carboxylic acids is 4. The van der Waals surface area contributed by atoms with E-state index in [-0.39, 0.29) is 37.6 Å². The molecule has 216 valence electrons. The number of benzene rings is 3. The smallest absolute Gasteiger partial charge is 0.246 e. The van der Waals surface area contributed by atoms with Crippen molar-refractivity contribution in [3.05, 3.63) is 102 Å². The summed E-state index contributed by atoms with van der Waals surface area (Å²) in [6.07, 6.45) is 0.556. The van der Waals surface area contributed by atoms with Crippen LogP contribution in [0.15, 0.2) is 84.9 Å². The molecular formula is C31H38N6O4. The van der Waals surface area contributed by atoms with Gasteiger partial charge in [-0.05, 0) is 30.5 Å². The fraction of sp³-hybridized carbons (Fsp3) is 0.290. The van der Waals surface area contributed by atoms with E-state index in [2.05, 4.69) is 10.6 Å². The molecule has 0 aliphatic carbocycles. The highest BCUT2D eigenvalue weighted by molar-refractivity contribution is 6.10. The van der Waals surface area contributed by atoms with Gasteiger partial charge in [0.1, 0.15) is 6.04 Å². The van der Waals surface area contributed by atoms with Crippen LogP contribution in [0.4, 0.5) is 5.69 Å². The van der Waals surface area contributed by atoms with Crippen molar-refractivity contribution in [2.45, 2.75) is 31.3 Å². The van der Waals surface area contributed by atoms with Crippen molar-refractivity contribution >= 4 is 29.2 Å². The van der Waals surface area contributed by atoms with Crippen LogP contribution in [0.3, 0.4) is 0 Å². The minimum absolute atomic E-state index is 0.176. The summed E-state index contributed by atoms with van der Waals surface area (Å²) in [6, 6.07) is 22.9. The summed E-state index contributed by atoms with van der Waals surface area (Å²) in [5.74, 6) is -1.61. The molecule has 0 aliphatic heterocycles. The Labute approximate surface area is 240 Å². The van der Waals surface area contributed by atoms with Gasteiger partial charge in [-0.1, -0.05) is 72.8 Å². The lowest BCUT2D eigenvalue weighted by Crippen LogP contribution is -2.52. The van der Waals surface area contributed by atoms with Crippen molar-refractivity contribution in [2.24, 2.45) is 17.2 Å². The third-order valence-electron chi connectivity index (χ3n) is 6.51.